The van der Waals surface area contributed by atoms with E-state index < -0.39 is 30.5 Å². The van der Waals surface area contributed by atoms with Gasteiger partial charge >= 0.3 is 0 Å². The number of rotatable bonds is 3. The smallest absolute Gasteiger partial charge is 0.256 e. The van der Waals surface area contributed by atoms with E-state index in [4.69, 9.17) is 5.73 Å². The Hall–Kier alpha value is -1.79. The van der Waals surface area contributed by atoms with E-state index in [2.05, 4.69) is 4.98 Å². The van der Waals surface area contributed by atoms with Gasteiger partial charge in [0.1, 0.15) is 0 Å². The molecule has 0 radical (unpaired) electrons. The molecule has 0 fully saturated rings. The van der Waals surface area contributed by atoms with Gasteiger partial charge in [-0.25, -0.2) is 18.2 Å². The molecule has 0 aliphatic carbocycles. The molecule has 2 N–H and O–H groups in total. The van der Waals surface area contributed by atoms with Crippen molar-refractivity contribution in [3.05, 3.63) is 23.6 Å². The summed E-state index contributed by atoms with van der Waals surface area (Å²) in [5.41, 5.74) is 4.79. The molecule has 0 aliphatic rings. The lowest BCUT2D eigenvalue weighted by atomic mass is 10.2. The predicted octanol–water partition coefficient (Wildman–Crippen LogP) is 1.14. The molecule has 7 heteroatoms. The van der Waals surface area contributed by atoms with Crippen molar-refractivity contribution in [3.63, 3.8) is 0 Å². The van der Waals surface area contributed by atoms with Crippen LogP contribution in [0.15, 0.2) is 12.3 Å². The van der Waals surface area contributed by atoms with Crippen LogP contribution in [0.3, 0.4) is 0 Å². The van der Waals surface area contributed by atoms with Crippen LogP contribution >= 0.6 is 0 Å². The molecule has 0 bridgehead atoms. The molecule has 0 saturated heterocycles. The third kappa shape index (κ3) is 2.62. The molecular formula is C9H10F3N3O. The minimum Gasteiger partial charge on any atom is -0.381 e. The second-order valence-electron chi connectivity index (χ2n) is 3.13. The first-order chi connectivity index (χ1) is 7.43. The van der Waals surface area contributed by atoms with Gasteiger partial charge in [0.25, 0.3) is 12.3 Å². The van der Waals surface area contributed by atoms with E-state index in [-0.39, 0.29) is 5.56 Å². The maximum absolute atomic E-state index is 13.3. The van der Waals surface area contributed by atoms with Crippen LogP contribution in [0.4, 0.5) is 19.0 Å². The van der Waals surface area contributed by atoms with Crippen molar-refractivity contribution in [2.45, 2.75) is 6.43 Å². The highest BCUT2D eigenvalue weighted by atomic mass is 19.3. The molecule has 0 aromatic carbocycles. The molecule has 16 heavy (non-hydrogen) atoms. The average molecular weight is 233 g/mol. The minimum absolute atomic E-state index is 0.365. The number of carbonyl (C=O) groups excluding carboxylic acids is 1. The number of halogens is 3. The number of alkyl halides is 2. The van der Waals surface area contributed by atoms with Gasteiger partial charge in [-0.2, -0.15) is 0 Å². The average Bonchev–Trinajstić information content (AvgIpc) is 2.20. The topological polar surface area (TPSA) is 59.2 Å². The Morgan fingerprint density at radius 1 is 1.62 bits per heavy atom. The van der Waals surface area contributed by atoms with Gasteiger partial charge in [0.05, 0.1) is 12.1 Å². The first-order valence-electron chi connectivity index (χ1n) is 4.37. The van der Waals surface area contributed by atoms with Gasteiger partial charge in [0.2, 0.25) is 0 Å². The summed E-state index contributed by atoms with van der Waals surface area (Å²) in [4.78, 5) is 15.7. The highest BCUT2D eigenvalue weighted by molar-refractivity contribution is 5.94. The van der Waals surface area contributed by atoms with Gasteiger partial charge in [-0.15, -0.1) is 0 Å². The van der Waals surface area contributed by atoms with Gasteiger partial charge in [-0.05, 0) is 6.07 Å². The quantitative estimate of drug-likeness (QED) is 0.851. The Labute approximate surface area is 89.9 Å². The molecule has 1 aromatic rings. The number of hydrogen-bond acceptors (Lipinski definition) is 3. The van der Waals surface area contributed by atoms with Crippen molar-refractivity contribution in [3.8, 4) is 0 Å². The van der Waals surface area contributed by atoms with Crippen molar-refractivity contribution in [2.24, 2.45) is 0 Å². The van der Waals surface area contributed by atoms with Crippen molar-refractivity contribution < 1.29 is 18.0 Å². The SMILES string of the molecule is CN(CC(F)F)C(=O)c1ccnc(N)c1F. The monoisotopic (exact) mass is 233 g/mol. The Morgan fingerprint density at radius 2 is 2.25 bits per heavy atom. The fraction of sp³-hybridized carbons (Fsp3) is 0.333. The van der Waals surface area contributed by atoms with Crippen LogP contribution in [0.5, 0.6) is 0 Å². The third-order valence-electron chi connectivity index (χ3n) is 1.91. The molecule has 1 heterocycles. The number of nitrogens with zero attached hydrogens (tertiary/aromatic N) is 2. The van der Waals surface area contributed by atoms with Crippen LogP contribution in [0.25, 0.3) is 0 Å². The van der Waals surface area contributed by atoms with Crippen LogP contribution in [-0.4, -0.2) is 35.8 Å². The lowest BCUT2D eigenvalue weighted by Gasteiger charge is -2.16. The summed E-state index contributed by atoms with van der Waals surface area (Å²) >= 11 is 0. The molecule has 0 aliphatic heterocycles. The number of pyridine rings is 1. The Balaban J connectivity index is 2.92. The minimum atomic E-state index is -2.67. The van der Waals surface area contributed by atoms with Gasteiger partial charge in [0, 0.05) is 13.2 Å². The van der Waals surface area contributed by atoms with E-state index in [0.717, 1.165) is 24.2 Å². The van der Waals surface area contributed by atoms with E-state index in [1.165, 1.54) is 0 Å². The summed E-state index contributed by atoms with van der Waals surface area (Å²) in [7, 11) is 1.16. The predicted molar refractivity (Wildman–Crippen MR) is 51.6 cm³/mol. The Bertz CT molecular complexity index is 398. The van der Waals surface area contributed by atoms with Gasteiger partial charge in [-0.3, -0.25) is 4.79 Å². The number of carbonyl (C=O) groups is 1. The van der Waals surface area contributed by atoms with Crippen LogP contribution in [0, 0.1) is 5.82 Å². The molecule has 0 saturated carbocycles. The van der Waals surface area contributed by atoms with Gasteiger partial charge in [-0.1, -0.05) is 0 Å². The van der Waals surface area contributed by atoms with E-state index in [9.17, 15) is 18.0 Å². The summed E-state index contributed by atoms with van der Waals surface area (Å²) in [5.74, 6) is -2.28. The number of anilines is 1. The Kier molecular flexibility index (Phi) is 3.70. The first-order valence-corrected chi connectivity index (χ1v) is 4.37. The van der Waals surface area contributed by atoms with Crippen molar-refractivity contribution in [2.75, 3.05) is 19.3 Å². The highest BCUT2D eigenvalue weighted by Gasteiger charge is 2.20. The summed E-state index contributed by atoms with van der Waals surface area (Å²) < 4.78 is 37.4. The van der Waals surface area contributed by atoms with Gasteiger partial charge in [0.15, 0.2) is 11.6 Å². The lowest BCUT2D eigenvalue weighted by Crippen LogP contribution is -2.32. The Morgan fingerprint density at radius 3 is 2.81 bits per heavy atom. The molecule has 1 rings (SSSR count). The fourth-order valence-electron chi connectivity index (χ4n) is 1.12. The molecule has 1 amide bonds. The van der Waals surface area contributed by atoms with Gasteiger partial charge < -0.3 is 10.6 Å². The molecule has 4 nitrogen and oxygen atoms in total. The molecule has 88 valence electrons. The molecule has 0 spiro atoms. The van der Waals surface area contributed by atoms with E-state index in [1.54, 1.807) is 0 Å². The first kappa shape index (κ1) is 12.3. The summed E-state index contributed by atoms with van der Waals surface area (Å²) in [5, 5.41) is 0. The third-order valence-corrected chi connectivity index (χ3v) is 1.91. The van der Waals surface area contributed by atoms with E-state index >= 15 is 0 Å². The maximum atomic E-state index is 13.3. The van der Waals surface area contributed by atoms with Crippen molar-refractivity contribution in [1.82, 2.24) is 9.88 Å². The van der Waals surface area contributed by atoms with E-state index in [1.807, 2.05) is 0 Å². The second kappa shape index (κ2) is 4.82. The summed E-state index contributed by atoms with van der Waals surface area (Å²) in [6, 6.07) is 1.09. The summed E-state index contributed by atoms with van der Waals surface area (Å²) in [6.07, 6.45) is -1.53. The standard InChI is InChI=1S/C9H10F3N3O/c1-15(4-6(10)11)9(16)5-2-3-14-8(13)7(5)12/h2-3,6H,4H2,1H3,(H2,13,14). The summed E-state index contributed by atoms with van der Waals surface area (Å²) in [6.45, 7) is -0.763. The zero-order valence-corrected chi connectivity index (χ0v) is 8.45. The second-order valence-corrected chi connectivity index (χ2v) is 3.13. The molecule has 0 atom stereocenters. The van der Waals surface area contributed by atoms with Crippen LogP contribution in [0.1, 0.15) is 10.4 Å². The van der Waals surface area contributed by atoms with Crippen LogP contribution in [0.2, 0.25) is 0 Å². The molecular weight excluding hydrogens is 223 g/mol. The number of nitrogens with two attached hydrogens (primary N) is 1. The van der Waals surface area contributed by atoms with Crippen LogP contribution < -0.4 is 5.73 Å². The zero-order chi connectivity index (χ0) is 12.3. The molecule has 0 unspecified atom stereocenters. The van der Waals surface area contributed by atoms with E-state index in [0.29, 0.717) is 0 Å². The van der Waals surface area contributed by atoms with Crippen molar-refractivity contribution >= 4 is 11.7 Å². The van der Waals surface area contributed by atoms with Crippen molar-refractivity contribution in [1.29, 1.82) is 0 Å². The highest BCUT2D eigenvalue weighted by Crippen LogP contribution is 2.14. The number of hydrogen-bond donors (Lipinski definition) is 1. The number of amides is 1. The van der Waals surface area contributed by atoms with Crippen LogP contribution in [-0.2, 0) is 0 Å². The lowest BCUT2D eigenvalue weighted by molar-refractivity contribution is 0.0616. The molecule has 1 aromatic heterocycles. The largest absolute Gasteiger partial charge is 0.381 e. The number of aromatic nitrogens is 1. The zero-order valence-electron chi connectivity index (χ0n) is 8.45. The number of nitrogen functional groups attached to an aromatic ring is 1. The normalized spacial score (nSPS) is 10.6. The maximum Gasteiger partial charge on any atom is 0.256 e. The fourth-order valence-corrected chi connectivity index (χ4v) is 1.12.